The van der Waals surface area contributed by atoms with Gasteiger partial charge < -0.3 is 14.7 Å². The Morgan fingerprint density at radius 2 is 2.14 bits per heavy atom. The van der Waals surface area contributed by atoms with Gasteiger partial charge in [-0.3, -0.25) is 9.59 Å². The molecular formula is C13H14F3N3O3. The summed E-state index contributed by atoms with van der Waals surface area (Å²) in [7, 11) is 0. The predicted octanol–water partition coefficient (Wildman–Crippen LogP) is 1.44. The SMILES string of the molecule is O=C(NC1CCN(CC(F)(F)F)C1=O)c1conc1C1CC1. The molecule has 2 aliphatic rings. The lowest BCUT2D eigenvalue weighted by molar-refractivity contribution is -0.157. The molecule has 2 amide bonds. The van der Waals surface area contributed by atoms with E-state index >= 15 is 0 Å². The first-order chi connectivity index (χ1) is 10.3. The van der Waals surface area contributed by atoms with E-state index in [0.29, 0.717) is 10.6 Å². The summed E-state index contributed by atoms with van der Waals surface area (Å²) in [5.41, 5.74) is 0.805. The van der Waals surface area contributed by atoms with Crippen molar-refractivity contribution in [3.63, 3.8) is 0 Å². The van der Waals surface area contributed by atoms with Crippen LogP contribution < -0.4 is 5.32 Å². The van der Waals surface area contributed by atoms with Crippen molar-refractivity contribution in [3.8, 4) is 0 Å². The second-order valence-electron chi connectivity index (χ2n) is 5.58. The van der Waals surface area contributed by atoms with Gasteiger partial charge >= 0.3 is 6.18 Å². The molecule has 0 aromatic carbocycles. The van der Waals surface area contributed by atoms with E-state index in [1.54, 1.807) is 0 Å². The van der Waals surface area contributed by atoms with E-state index in [2.05, 4.69) is 10.5 Å². The van der Waals surface area contributed by atoms with Crippen LogP contribution in [0, 0.1) is 0 Å². The molecule has 2 fully saturated rings. The molecule has 1 aromatic rings. The first kappa shape index (κ1) is 14.9. The minimum absolute atomic E-state index is 0.0254. The number of carbonyl (C=O) groups is 2. The van der Waals surface area contributed by atoms with E-state index in [-0.39, 0.29) is 24.4 Å². The number of halogens is 3. The lowest BCUT2D eigenvalue weighted by Gasteiger charge is -2.18. The van der Waals surface area contributed by atoms with Gasteiger partial charge in [-0.1, -0.05) is 5.16 Å². The smallest absolute Gasteiger partial charge is 0.364 e. The highest BCUT2D eigenvalue weighted by Crippen LogP contribution is 2.40. The molecule has 6 nitrogen and oxygen atoms in total. The number of rotatable bonds is 4. The fourth-order valence-corrected chi connectivity index (χ4v) is 2.55. The van der Waals surface area contributed by atoms with Crippen molar-refractivity contribution in [2.45, 2.75) is 37.4 Å². The van der Waals surface area contributed by atoms with Crippen LogP contribution >= 0.6 is 0 Å². The summed E-state index contributed by atoms with van der Waals surface area (Å²) in [6.07, 6.45) is -1.23. The normalized spacial score (nSPS) is 22.2. The van der Waals surface area contributed by atoms with Crippen molar-refractivity contribution < 1.29 is 27.3 Å². The molecule has 2 heterocycles. The molecule has 1 saturated carbocycles. The second-order valence-corrected chi connectivity index (χ2v) is 5.58. The van der Waals surface area contributed by atoms with Gasteiger partial charge in [0.05, 0.1) is 5.69 Å². The maximum Gasteiger partial charge on any atom is 0.406 e. The summed E-state index contributed by atoms with van der Waals surface area (Å²) in [6, 6.07) is -0.934. The Balaban J connectivity index is 1.62. The van der Waals surface area contributed by atoms with Crippen LogP contribution in [0.5, 0.6) is 0 Å². The molecule has 1 aromatic heterocycles. The quantitative estimate of drug-likeness (QED) is 0.912. The average Bonchev–Trinajstić information content (AvgIpc) is 3.07. The average molecular weight is 317 g/mol. The number of amides is 2. The molecule has 1 atom stereocenters. The summed E-state index contributed by atoms with van der Waals surface area (Å²) in [4.78, 5) is 24.7. The lowest BCUT2D eigenvalue weighted by Crippen LogP contribution is -2.43. The molecule has 0 bridgehead atoms. The minimum Gasteiger partial charge on any atom is -0.364 e. The van der Waals surface area contributed by atoms with Crippen LogP contribution in [-0.4, -0.2) is 47.2 Å². The third kappa shape index (κ3) is 3.07. The number of nitrogens with zero attached hydrogens (tertiary/aromatic N) is 2. The number of carbonyl (C=O) groups excluding carboxylic acids is 2. The monoisotopic (exact) mass is 317 g/mol. The van der Waals surface area contributed by atoms with E-state index in [4.69, 9.17) is 4.52 Å². The third-order valence-corrected chi connectivity index (χ3v) is 3.78. The summed E-state index contributed by atoms with van der Waals surface area (Å²) >= 11 is 0. The van der Waals surface area contributed by atoms with Gasteiger partial charge in [-0.25, -0.2) is 0 Å². The predicted molar refractivity (Wildman–Crippen MR) is 67.0 cm³/mol. The molecule has 1 saturated heterocycles. The zero-order chi connectivity index (χ0) is 15.9. The molecule has 1 N–H and O–H groups in total. The lowest BCUT2D eigenvalue weighted by atomic mass is 10.1. The van der Waals surface area contributed by atoms with E-state index < -0.39 is 30.6 Å². The van der Waals surface area contributed by atoms with Crippen LogP contribution in [0.1, 0.15) is 41.2 Å². The van der Waals surface area contributed by atoms with E-state index in [1.807, 2.05) is 0 Å². The fraction of sp³-hybridized carbons (Fsp3) is 0.615. The number of hydrogen-bond donors (Lipinski definition) is 1. The van der Waals surface area contributed by atoms with Crippen molar-refractivity contribution in [2.24, 2.45) is 0 Å². The second kappa shape index (κ2) is 5.29. The Morgan fingerprint density at radius 3 is 2.77 bits per heavy atom. The molecule has 0 spiro atoms. The Morgan fingerprint density at radius 1 is 1.41 bits per heavy atom. The highest BCUT2D eigenvalue weighted by atomic mass is 19.4. The van der Waals surface area contributed by atoms with Crippen LogP contribution in [0.3, 0.4) is 0 Å². The molecular weight excluding hydrogens is 303 g/mol. The third-order valence-electron chi connectivity index (χ3n) is 3.78. The largest absolute Gasteiger partial charge is 0.406 e. The van der Waals surface area contributed by atoms with E-state index in [1.165, 1.54) is 6.26 Å². The molecule has 3 rings (SSSR count). The number of nitrogens with one attached hydrogen (secondary N) is 1. The summed E-state index contributed by atoms with van der Waals surface area (Å²) in [5.74, 6) is -1.05. The van der Waals surface area contributed by atoms with Crippen LogP contribution in [-0.2, 0) is 4.79 Å². The van der Waals surface area contributed by atoms with Crippen molar-refractivity contribution in [3.05, 3.63) is 17.5 Å². The highest BCUT2D eigenvalue weighted by molar-refractivity contribution is 5.98. The molecule has 120 valence electrons. The fourth-order valence-electron chi connectivity index (χ4n) is 2.55. The van der Waals surface area contributed by atoms with Crippen LogP contribution in [0.25, 0.3) is 0 Å². The molecule has 1 unspecified atom stereocenters. The highest BCUT2D eigenvalue weighted by Gasteiger charge is 2.40. The number of aromatic nitrogens is 1. The molecule has 0 radical (unpaired) electrons. The Hall–Kier alpha value is -2.06. The Kier molecular flexibility index (Phi) is 3.57. The van der Waals surface area contributed by atoms with Gasteiger partial charge in [0.15, 0.2) is 0 Å². The standard InChI is InChI=1S/C13H14F3N3O3/c14-13(15,16)6-19-4-3-9(12(19)21)17-11(20)8-5-22-18-10(8)7-1-2-7/h5,7,9H,1-4,6H2,(H,17,20). The van der Waals surface area contributed by atoms with Crippen molar-refractivity contribution >= 4 is 11.8 Å². The summed E-state index contributed by atoms with van der Waals surface area (Å²) < 4.78 is 41.8. The van der Waals surface area contributed by atoms with Crippen molar-refractivity contribution in [1.82, 2.24) is 15.4 Å². The first-order valence-electron chi connectivity index (χ1n) is 6.96. The zero-order valence-corrected chi connectivity index (χ0v) is 11.5. The van der Waals surface area contributed by atoms with Gasteiger partial charge in [-0.2, -0.15) is 13.2 Å². The molecule has 1 aliphatic carbocycles. The summed E-state index contributed by atoms with van der Waals surface area (Å²) in [6.45, 7) is -1.32. The van der Waals surface area contributed by atoms with Gasteiger partial charge in [0.25, 0.3) is 5.91 Å². The molecule has 22 heavy (non-hydrogen) atoms. The van der Waals surface area contributed by atoms with Crippen LogP contribution in [0.4, 0.5) is 13.2 Å². The topological polar surface area (TPSA) is 75.4 Å². The molecule has 9 heteroatoms. The summed E-state index contributed by atoms with van der Waals surface area (Å²) in [5, 5.41) is 6.25. The van der Waals surface area contributed by atoms with E-state index in [9.17, 15) is 22.8 Å². The first-order valence-corrected chi connectivity index (χ1v) is 6.96. The van der Waals surface area contributed by atoms with Gasteiger partial charge in [-0.15, -0.1) is 0 Å². The minimum atomic E-state index is -4.44. The van der Waals surface area contributed by atoms with Gasteiger partial charge in [0, 0.05) is 12.5 Å². The van der Waals surface area contributed by atoms with Crippen molar-refractivity contribution in [2.75, 3.05) is 13.1 Å². The zero-order valence-electron chi connectivity index (χ0n) is 11.5. The van der Waals surface area contributed by atoms with Gasteiger partial charge in [-0.05, 0) is 19.3 Å². The number of alkyl halides is 3. The maximum absolute atomic E-state index is 12.3. The van der Waals surface area contributed by atoms with Crippen molar-refractivity contribution in [1.29, 1.82) is 0 Å². The maximum atomic E-state index is 12.3. The Bertz CT molecular complexity index is 595. The number of hydrogen-bond acceptors (Lipinski definition) is 4. The Labute approximate surface area is 123 Å². The van der Waals surface area contributed by atoms with Gasteiger partial charge in [0.2, 0.25) is 5.91 Å². The van der Waals surface area contributed by atoms with Gasteiger partial charge in [0.1, 0.15) is 24.4 Å². The molecule has 1 aliphatic heterocycles. The number of likely N-dealkylation sites (tertiary alicyclic amines) is 1. The van der Waals surface area contributed by atoms with Crippen LogP contribution in [0.15, 0.2) is 10.8 Å². The van der Waals surface area contributed by atoms with Crippen LogP contribution in [0.2, 0.25) is 0 Å². The van der Waals surface area contributed by atoms with E-state index in [0.717, 1.165) is 12.8 Å².